The van der Waals surface area contributed by atoms with Gasteiger partial charge in [-0.1, -0.05) is 0 Å². The van der Waals surface area contributed by atoms with Crippen LogP contribution in [0.4, 0.5) is 5.82 Å². The molecule has 0 aliphatic carbocycles. The predicted molar refractivity (Wildman–Crippen MR) is 84.2 cm³/mol. The van der Waals surface area contributed by atoms with Crippen molar-refractivity contribution < 1.29 is 4.74 Å². The van der Waals surface area contributed by atoms with Crippen LogP contribution < -0.4 is 10.1 Å². The largest absolute Gasteiger partial charge is 0.480 e. The zero-order valence-corrected chi connectivity index (χ0v) is 11.8. The Morgan fingerprint density at radius 2 is 1.71 bits per heavy atom. The maximum atomic E-state index is 5.47. The lowest BCUT2D eigenvalue weighted by molar-refractivity contribution is 0.404. The van der Waals surface area contributed by atoms with Crippen molar-refractivity contribution in [1.82, 2.24) is 15.0 Å². The average Bonchev–Trinajstić information content (AvgIpc) is 2.53. The van der Waals surface area contributed by atoms with Gasteiger partial charge in [0, 0.05) is 28.1 Å². The normalized spacial score (nSPS) is 11.5. The van der Waals surface area contributed by atoms with Crippen molar-refractivity contribution in [1.29, 1.82) is 0 Å². The first-order valence-electron chi connectivity index (χ1n) is 6.91. The first-order chi connectivity index (χ1) is 10.3. The smallest absolute Gasteiger partial charge is 0.223 e. The van der Waals surface area contributed by atoms with Crippen molar-refractivity contribution in [2.45, 2.75) is 6.92 Å². The second-order valence-corrected chi connectivity index (χ2v) is 4.89. The predicted octanol–water partition coefficient (Wildman–Crippen LogP) is 3.21. The fourth-order valence-electron chi connectivity index (χ4n) is 2.88. The number of ether oxygens (including phenoxy) is 1. The Kier molecular flexibility index (Phi) is 2.54. The van der Waals surface area contributed by atoms with E-state index in [2.05, 4.69) is 33.3 Å². The summed E-state index contributed by atoms with van der Waals surface area (Å²) in [4.78, 5) is 13.3. The Bertz CT molecular complexity index is 935. The van der Waals surface area contributed by atoms with E-state index in [-0.39, 0.29) is 0 Å². The van der Waals surface area contributed by atoms with Crippen LogP contribution in [-0.4, -0.2) is 28.6 Å². The molecule has 0 saturated heterocycles. The zero-order valence-electron chi connectivity index (χ0n) is 11.8. The van der Waals surface area contributed by atoms with Gasteiger partial charge in [-0.05, 0) is 31.2 Å². The number of benzene rings is 2. The maximum absolute atomic E-state index is 5.47. The van der Waals surface area contributed by atoms with E-state index in [9.17, 15) is 0 Å². The first-order valence-corrected chi connectivity index (χ1v) is 6.91. The Hall–Kier alpha value is -2.69. The third-order valence-electron chi connectivity index (χ3n) is 3.75. The highest BCUT2D eigenvalue weighted by atomic mass is 16.5. The number of methoxy groups -OCH3 is 1. The summed E-state index contributed by atoms with van der Waals surface area (Å²) in [5.41, 5.74) is 1.88. The van der Waals surface area contributed by atoms with Gasteiger partial charge in [-0.2, -0.15) is 4.98 Å². The maximum Gasteiger partial charge on any atom is 0.223 e. The summed E-state index contributed by atoms with van der Waals surface area (Å²) in [6, 6.07) is 8.07. The monoisotopic (exact) mass is 278 g/mol. The summed E-state index contributed by atoms with van der Waals surface area (Å²) >= 11 is 0. The number of aromatic nitrogens is 3. The van der Waals surface area contributed by atoms with Crippen LogP contribution in [0.1, 0.15) is 6.92 Å². The van der Waals surface area contributed by atoms with Crippen LogP contribution in [0, 0.1) is 0 Å². The first kappa shape index (κ1) is 12.1. The molecule has 5 nitrogen and oxygen atoms in total. The molecule has 0 bridgehead atoms. The van der Waals surface area contributed by atoms with Gasteiger partial charge in [0.2, 0.25) is 5.88 Å². The number of hydrogen-bond donors (Lipinski definition) is 1. The Morgan fingerprint density at radius 3 is 2.38 bits per heavy atom. The molecule has 0 aliphatic heterocycles. The van der Waals surface area contributed by atoms with Gasteiger partial charge in [0.15, 0.2) is 0 Å². The van der Waals surface area contributed by atoms with Gasteiger partial charge < -0.3 is 10.1 Å². The number of rotatable bonds is 3. The molecular formula is C16H14N4O. The lowest BCUT2D eigenvalue weighted by Crippen LogP contribution is -2.03. The highest BCUT2D eigenvalue weighted by molar-refractivity contribution is 6.24. The van der Waals surface area contributed by atoms with Crippen LogP contribution in [-0.2, 0) is 0 Å². The zero-order chi connectivity index (χ0) is 14.4. The van der Waals surface area contributed by atoms with Gasteiger partial charge in [0.25, 0.3) is 0 Å². The van der Waals surface area contributed by atoms with Gasteiger partial charge in [-0.25, -0.2) is 9.97 Å². The molecular weight excluding hydrogens is 264 g/mol. The molecule has 4 rings (SSSR count). The lowest BCUT2D eigenvalue weighted by Gasteiger charge is -2.15. The molecule has 0 aliphatic rings. The molecule has 4 aromatic rings. The highest BCUT2D eigenvalue weighted by Crippen LogP contribution is 2.39. The van der Waals surface area contributed by atoms with E-state index in [1.54, 1.807) is 13.4 Å². The van der Waals surface area contributed by atoms with Crippen molar-refractivity contribution in [3.8, 4) is 5.88 Å². The van der Waals surface area contributed by atoms with E-state index < -0.39 is 0 Å². The van der Waals surface area contributed by atoms with Crippen molar-refractivity contribution in [3.63, 3.8) is 0 Å². The number of pyridine rings is 1. The Morgan fingerprint density at radius 1 is 1.00 bits per heavy atom. The minimum absolute atomic E-state index is 0.622. The van der Waals surface area contributed by atoms with Crippen LogP contribution in [0.5, 0.6) is 5.88 Å². The number of nitrogens with one attached hydrogen (secondary N) is 1. The van der Waals surface area contributed by atoms with Crippen molar-refractivity contribution in [3.05, 3.63) is 30.6 Å². The minimum Gasteiger partial charge on any atom is -0.480 e. The summed E-state index contributed by atoms with van der Waals surface area (Å²) in [5, 5.41) is 7.53. The van der Waals surface area contributed by atoms with Crippen LogP contribution in [0.2, 0.25) is 0 Å². The summed E-state index contributed by atoms with van der Waals surface area (Å²) in [6.45, 7) is 2.85. The average molecular weight is 278 g/mol. The SMILES string of the molecule is CCNc1nc(OC)c2ccc3ncnc4ccc1c2c43. The third-order valence-corrected chi connectivity index (χ3v) is 3.75. The molecule has 0 fully saturated rings. The molecule has 0 spiro atoms. The summed E-state index contributed by atoms with van der Waals surface area (Å²) in [5.74, 6) is 1.46. The van der Waals surface area contributed by atoms with E-state index in [4.69, 9.17) is 4.74 Å². The van der Waals surface area contributed by atoms with Gasteiger partial charge in [-0.3, -0.25) is 0 Å². The number of anilines is 1. The molecule has 5 heteroatoms. The summed E-state index contributed by atoms with van der Waals surface area (Å²) < 4.78 is 5.47. The minimum atomic E-state index is 0.622. The van der Waals surface area contributed by atoms with Crippen molar-refractivity contribution in [2.75, 3.05) is 19.0 Å². The summed E-state index contributed by atoms with van der Waals surface area (Å²) in [7, 11) is 1.64. The second kappa shape index (κ2) is 4.41. The molecule has 0 unspecified atom stereocenters. The second-order valence-electron chi connectivity index (χ2n) is 4.89. The van der Waals surface area contributed by atoms with Crippen LogP contribution in [0.25, 0.3) is 32.6 Å². The molecule has 0 amide bonds. The fourth-order valence-corrected chi connectivity index (χ4v) is 2.88. The van der Waals surface area contributed by atoms with Crippen LogP contribution >= 0.6 is 0 Å². The lowest BCUT2D eigenvalue weighted by atomic mass is 10.00. The van der Waals surface area contributed by atoms with Crippen LogP contribution in [0.15, 0.2) is 30.6 Å². The van der Waals surface area contributed by atoms with Gasteiger partial charge >= 0.3 is 0 Å². The molecule has 2 aromatic heterocycles. The van der Waals surface area contributed by atoms with Gasteiger partial charge in [0.05, 0.1) is 18.1 Å². The topological polar surface area (TPSA) is 59.9 Å². The number of hydrogen-bond acceptors (Lipinski definition) is 5. The van der Waals surface area contributed by atoms with E-state index in [1.807, 2.05) is 18.2 Å². The van der Waals surface area contributed by atoms with Gasteiger partial charge in [-0.15, -0.1) is 0 Å². The molecule has 1 N–H and O–H groups in total. The Labute approximate surface area is 121 Å². The Balaban J connectivity index is 2.28. The molecule has 21 heavy (non-hydrogen) atoms. The molecule has 0 saturated carbocycles. The van der Waals surface area contributed by atoms with E-state index in [1.165, 1.54) is 0 Å². The standard InChI is InChI=1S/C16H14N4O/c1-3-17-15-9-4-6-11-14-12(19-8-18-11)7-5-10(13(9)14)16(20-15)21-2/h4-8H,3H2,1-2H3,(H,17,20). The molecule has 104 valence electrons. The molecule has 0 radical (unpaired) electrons. The molecule has 2 aromatic carbocycles. The summed E-state index contributed by atoms with van der Waals surface area (Å²) in [6.07, 6.45) is 1.60. The van der Waals surface area contributed by atoms with Crippen molar-refractivity contribution >= 4 is 38.4 Å². The van der Waals surface area contributed by atoms with E-state index >= 15 is 0 Å². The fraction of sp³-hybridized carbons (Fsp3) is 0.188. The van der Waals surface area contributed by atoms with E-state index in [0.29, 0.717) is 5.88 Å². The van der Waals surface area contributed by atoms with Gasteiger partial charge in [0.1, 0.15) is 12.1 Å². The highest BCUT2D eigenvalue weighted by Gasteiger charge is 2.16. The van der Waals surface area contributed by atoms with Crippen LogP contribution in [0.3, 0.4) is 0 Å². The molecule has 2 heterocycles. The van der Waals surface area contributed by atoms with Crippen molar-refractivity contribution in [2.24, 2.45) is 0 Å². The van der Waals surface area contributed by atoms with E-state index in [0.717, 1.165) is 44.9 Å². The number of nitrogens with zero attached hydrogens (tertiary/aromatic N) is 3. The quantitative estimate of drug-likeness (QED) is 0.583. The third kappa shape index (κ3) is 1.60. The molecule has 0 atom stereocenters.